The van der Waals surface area contributed by atoms with Crippen LogP contribution in [0, 0.1) is 5.92 Å². The lowest BCUT2D eigenvalue weighted by atomic mass is 9.76. The van der Waals surface area contributed by atoms with Gasteiger partial charge in [-0.05, 0) is 50.5 Å². The molecule has 0 atom stereocenters. The van der Waals surface area contributed by atoms with E-state index in [1.54, 1.807) is 0 Å². The lowest BCUT2D eigenvalue weighted by Gasteiger charge is -2.41. The Hall–Kier alpha value is -2.25. The quantitative estimate of drug-likeness (QED) is 0.883. The maximum Gasteiger partial charge on any atom is 0.573 e. The van der Waals surface area contributed by atoms with Crippen molar-refractivity contribution in [3.63, 3.8) is 0 Å². The monoisotopic (exact) mass is 364 g/mol. The van der Waals surface area contributed by atoms with Gasteiger partial charge >= 0.3 is 6.36 Å². The Labute approximate surface area is 148 Å². The molecule has 26 heavy (non-hydrogen) atoms. The molecule has 0 aliphatic heterocycles. The topological polar surface area (TPSA) is 66.0 Å². The van der Waals surface area contributed by atoms with Crippen molar-refractivity contribution in [3.05, 3.63) is 24.3 Å². The van der Waals surface area contributed by atoms with E-state index in [1.807, 2.05) is 6.20 Å². The summed E-state index contributed by atoms with van der Waals surface area (Å²) in [6, 6.07) is 1.27. The summed E-state index contributed by atoms with van der Waals surface area (Å²) in [7, 11) is 0. The minimum atomic E-state index is -4.81. The Morgan fingerprint density at radius 2 is 2.00 bits per heavy atom. The number of imidazole rings is 1. The molecule has 2 aromatic rings. The van der Waals surface area contributed by atoms with E-state index in [0.29, 0.717) is 17.2 Å². The van der Waals surface area contributed by atoms with E-state index in [4.69, 9.17) is 10.7 Å². The third-order valence-electron chi connectivity index (χ3n) is 5.95. The molecule has 0 radical (unpaired) electrons. The number of hydrogen-bond donors (Lipinski definition) is 1. The number of nitrogens with two attached hydrogens (primary N) is 1. The summed E-state index contributed by atoms with van der Waals surface area (Å²) in [6.07, 6.45) is 5.67. The molecule has 0 unspecified atom stereocenters. The summed E-state index contributed by atoms with van der Waals surface area (Å²) in [5, 5.41) is 0. The number of ether oxygens (including phenoxy) is 1. The average Bonchev–Trinajstić information content (AvgIpc) is 2.98. The standard InChI is InChI=1S/C18H19F3N4O/c19-18(20,21)26-14-5-12(8-23-15(14)22)13-9-25(16(24-13)11-1-2-11)17-4-3-10(6-17)7-17/h5,8-11H,1-4,6-7H2,(H2,22,23). The fourth-order valence-corrected chi connectivity index (χ4v) is 4.56. The molecule has 0 spiro atoms. The zero-order chi connectivity index (χ0) is 18.1. The van der Waals surface area contributed by atoms with Crippen molar-refractivity contribution in [2.45, 2.75) is 56.3 Å². The number of fused-ring (bicyclic) bond motifs is 1. The van der Waals surface area contributed by atoms with Crippen molar-refractivity contribution >= 4 is 5.82 Å². The number of anilines is 1. The number of hydrogen-bond acceptors (Lipinski definition) is 4. The molecule has 8 heteroatoms. The molecule has 0 saturated heterocycles. The van der Waals surface area contributed by atoms with Crippen LogP contribution < -0.4 is 10.5 Å². The molecule has 138 valence electrons. The molecule has 4 fully saturated rings. The molecule has 2 heterocycles. The maximum atomic E-state index is 12.6. The van der Waals surface area contributed by atoms with Gasteiger partial charge in [0.25, 0.3) is 0 Å². The zero-order valence-corrected chi connectivity index (χ0v) is 14.1. The summed E-state index contributed by atoms with van der Waals surface area (Å²) in [6.45, 7) is 0. The van der Waals surface area contributed by atoms with Gasteiger partial charge < -0.3 is 15.0 Å². The first kappa shape index (κ1) is 16.0. The first-order chi connectivity index (χ1) is 12.3. The van der Waals surface area contributed by atoms with E-state index in [2.05, 4.69) is 14.3 Å². The molecule has 2 N–H and O–H groups in total. The molecule has 4 saturated carbocycles. The van der Waals surface area contributed by atoms with Gasteiger partial charge in [0.1, 0.15) is 5.82 Å². The average molecular weight is 364 g/mol. The molecule has 0 amide bonds. The van der Waals surface area contributed by atoms with Gasteiger partial charge in [0, 0.05) is 29.4 Å². The van der Waals surface area contributed by atoms with E-state index in [-0.39, 0.29) is 11.4 Å². The van der Waals surface area contributed by atoms with Crippen molar-refractivity contribution < 1.29 is 17.9 Å². The van der Waals surface area contributed by atoms with Gasteiger partial charge in [-0.25, -0.2) is 9.97 Å². The number of nitrogens with zero attached hydrogens (tertiary/aromatic N) is 3. The van der Waals surface area contributed by atoms with Crippen molar-refractivity contribution in [1.82, 2.24) is 14.5 Å². The maximum absolute atomic E-state index is 12.6. The molecule has 6 rings (SSSR count). The van der Waals surface area contributed by atoms with Crippen LogP contribution in [0.5, 0.6) is 5.75 Å². The highest BCUT2D eigenvalue weighted by Gasteiger charge is 2.53. The first-order valence-corrected chi connectivity index (χ1v) is 8.94. The summed E-state index contributed by atoms with van der Waals surface area (Å²) in [5.41, 5.74) is 6.83. The minimum absolute atomic E-state index is 0.167. The zero-order valence-electron chi connectivity index (χ0n) is 14.1. The lowest BCUT2D eigenvalue weighted by molar-refractivity contribution is -0.274. The Bertz CT molecular complexity index is 860. The number of aromatic nitrogens is 3. The largest absolute Gasteiger partial charge is 0.573 e. The predicted octanol–water partition coefficient (Wildman–Crippen LogP) is 4.20. The van der Waals surface area contributed by atoms with Crippen molar-refractivity contribution in [2.24, 2.45) is 5.92 Å². The van der Waals surface area contributed by atoms with Crippen LogP contribution in [0.3, 0.4) is 0 Å². The number of halogens is 3. The van der Waals surface area contributed by atoms with Gasteiger partial charge in [0.2, 0.25) is 0 Å². The third-order valence-corrected chi connectivity index (χ3v) is 5.95. The van der Waals surface area contributed by atoms with E-state index in [1.165, 1.54) is 31.5 Å². The van der Waals surface area contributed by atoms with E-state index >= 15 is 0 Å². The second kappa shape index (κ2) is 5.14. The smallest absolute Gasteiger partial charge is 0.402 e. The van der Waals surface area contributed by atoms with Crippen molar-refractivity contribution in [3.8, 4) is 17.0 Å². The van der Waals surface area contributed by atoms with Crippen LogP contribution in [0.1, 0.15) is 50.3 Å². The van der Waals surface area contributed by atoms with Gasteiger partial charge in [0.15, 0.2) is 11.6 Å². The molecule has 2 aromatic heterocycles. The lowest BCUT2D eigenvalue weighted by Crippen LogP contribution is -2.39. The Morgan fingerprint density at radius 1 is 1.23 bits per heavy atom. The van der Waals surface area contributed by atoms with E-state index in [0.717, 1.165) is 31.0 Å². The third kappa shape index (κ3) is 2.54. The summed E-state index contributed by atoms with van der Waals surface area (Å²) in [5.74, 6) is 1.57. The van der Waals surface area contributed by atoms with Crippen LogP contribution >= 0.6 is 0 Å². The highest BCUT2D eigenvalue weighted by atomic mass is 19.4. The summed E-state index contributed by atoms with van der Waals surface area (Å²) in [4.78, 5) is 8.64. The molecule has 4 aliphatic carbocycles. The van der Waals surface area contributed by atoms with E-state index in [9.17, 15) is 13.2 Å². The fraction of sp³-hybridized carbons (Fsp3) is 0.556. The van der Waals surface area contributed by atoms with Crippen LogP contribution in [0.2, 0.25) is 0 Å². The normalized spacial score (nSPS) is 27.4. The Balaban J connectivity index is 1.54. The minimum Gasteiger partial charge on any atom is -0.402 e. The number of nitrogen functional groups attached to an aromatic ring is 1. The van der Waals surface area contributed by atoms with Gasteiger partial charge in [0.05, 0.1) is 5.69 Å². The second-order valence-electron chi connectivity index (χ2n) is 7.82. The summed E-state index contributed by atoms with van der Waals surface area (Å²) < 4.78 is 44.0. The highest BCUT2D eigenvalue weighted by molar-refractivity contribution is 5.64. The van der Waals surface area contributed by atoms with Gasteiger partial charge in [-0.3, -0.25) is 0 Å². The van der Waals surface area contributed by atoms with Crippen LogP contribution in [0.25, 0.3) is 11.3 Å². The van der Waals surface area contributed by atoms with Crippen LogP contribution in [0.4, 0.5) is 19.0 Å². The Kier molecular flexibility index (Phi) is 3.16. The molecule has 0 aromatic carbocycles. The number of rotatable bonds is 4. The predicted molar refractivity (Wildman–Crippen MR) is 88.5 cm³/mol. The highest BCUT2D eigenvalue weighted by Crippen LogP contribution is 2.58. The Morgan fingerprint density at radius 3 is 2.62 bits per heavy atom. The van der Waals surface area contributed by atoms with E-state index < -0.39 is 12.1 Å². The van der Waals surface area contributed by atoms with Gasteiger partial charge in [-0.1, -0.05) is 0 Å². The van der Waals surface area contributed by atoms with Crippen molar-refractivity contribution in [1.29, 1.82) is 0 Å². The molecule has 4 aliphatic rings. The SMILES string of the molecule is Nc1ncc(-c2cn(C34CCC(C3)C4)c(C3CC3)n2)cc1OC(F)(F)F. The van der Waals surface area contributed by atoms with Gasteiger partial charge in [-0.15, -0.1) is 13.2 Å². The molecule has 5 nitrogen and oxygen atoms in total. The molecular formula is C18H19F3N4O. The van der Waals surface area contributed by atoms with Crippen LogP contribution in [-0.4, -0.2) is 20.9 Å². The number of alkyl halides is 3. The molecule has 2 bridgehead atoms. The van der Waals surface area contributed by atoms with Gasteiger partial charge in [-0.2, -0.15) is 0 Å². The van der Waals surface area contributed by atoms with Crippen molar-refractivity contribution in [2.75, 3.05) is 5.73 Å². The molecular weight excluding hydrogens is 345 g/mol. The van der Waals surface area contributed by atoms with Crippen LogP contribution in [0.15, 0.2) is 18.5 Å². The number of pyridine rings is 1. The first-order valence-electron chi connectivity index (χ1n) is 8.94. The second-order valence-corrected chi connectivity index (χ2v) is 7.82. The van der Waals surface area contributed by atoms with Crippen LogP contribution in [-0.2, 0) is 5.54 Å². The fourth-order valence-electron chi connectivity index (χ4n) is 4.56. The summed E-state index contributed by atoms with van der Waals surface area (Å²) >= 11 is 0.